The van der Waals surface area contributed by atoms with E-state index >= 15 is 0 Å². The van der Waals surface area contributed by atoms with Crippen LogP contribution in [0.25, 0.3) is 0 Å². The SMILES string of the molecule is CCNc1nc(C(C)(C)C)nc(CC)c1C. The maximum Gasteiger partial charge on any atom is 0.136 e. The number of hydrogen-bond donors (Lipinski definition) is 1. The molecule has 0 atom stereocenters. The number of anilines is 1. The number of nitrogens with one attached hydrogen (secondary N) is 1. The van der Waals surface area contributed by atoms with E-state index in [1.165, 1.54) is 5.56 Å². The Morgan fingerprint density at radius 2 is 1.75 bits per heavy atom. The first-order valence-corrected chi connectivity index (χ1v) is 6.02. The fourth-order valence-corrected chi connectivity index (χ4v) is 1.58. The van der Waals surface area contributed by atoms with Crippen LogP contribution in [0.5, 0.6) is 0 Å². The van der Waals surface area contributed by atoms with Crippen molar-refractivity contribution >= 4 is 5.82 Å². The van der Waals surface area contributed by atoms with E-state index < -0.39 is 0 Å². The molecule has 0 unspecified atom stereocenters. The number of aromatic nitrogens is 2. The zero-order valence-corrected chi connectivity index (χ0v) is 11.3. The van der Waals surface area contributed by atoms with Crippen molar-refractivity contribution in [3.8, 4) is 0 Å². The minimum Gasteiger partial charge on any atom is -0.370 e. The maximum absolute atomic E-state index is 4.65. The highest BCUT2D eigenvalue weighted by Crippen LogP contribution is 2.23. The Kier molecular flexibility index (Phi) is 3.89. The van der Waals surface area contributed by atoms with E-state index in [0.717, 1.165) is 30.3 Å². The van der Waals surface area contributed by atoms with Crippen molar-refractivity contribution in [2.45, 2.75) is 53.4 Å². The predicted octanol–water partition coefficient (Wildman–Crippen LogP) is 3.08. The molecule has 1 aromatic rings. The van der Waals surface area contributed by atoms with Gasteiger partial charge in [0.1, 0.15) is 11.6 Å². The summed E-state index contributed by atoms with van der Waals surface area (Å²) in [7, 11) is 0. The molecule has 16 heavy (non-hydrogen) atoms. The van der Waals surface area contributed by atoms with Gasteiger partial charge in [-0.2, -0.15) is 0 Å². The van der Waals surface area contributed by atoms with Gasteiger partial charge in [0.05, 0.1) is 0 Å². The summed E-state index contributed by atoms with van der Waals surface area (Å²) in [5.74, 6) is 1.91. The molecule has 1 N–H and O–H groups in total. The molecule has 3 heteroatoms. The summed E-state index contributed by atoms with van der Waals surface area (Å²) >= 11 is 0. The Morgan fingerprint density at radius 3 is 2.19 bits per heavy atom. The van der Waals surface area contributed by atoms with Crippen molar-refractivity contribution in [3.05, 3.63) is 17.1 Å². The van der Waals surface area contributed by atoms with Crippen LogP contribution in [0, 0.1) is 6.92 Å². The van der Waals surface area contributed by atoms with Crippen LogP contribution in [0.3, 0.4) is 0 Å². The lowest BCUT2D eigenvalue weighted by molar-refractivity contribution is 0.541. The molecule has 0 saturated heterocycles. The summed E-state index contributed by atoms with van der Waals surface area (Å²) in [6, 6.07) is 0. The Morgan fingerprint density at radius 1 is 1.12 bits per heavy atom. The molecule has 0 amide bonds. The first-order valence-electron chi connectivity index (χ1n) is 6.02. The summed E-state index contributed by atoms with van der Waals surface area (Å²) in [5, 5.41) is 3.31. The van der Waals surface area contributed by atoms with Gasteiger partial charge >= 0.3 is 0 Å². The third kappa shape index (κ3) is 2.71. The van der Waals surface area contributed by atoms with Crippen LogP contribution in [0.15, 0.2) is 0 Å². The lowest BCUT2D eigenvalue weighted by atomic mass is 9.95. The van der Waals surface area contributed by atoms with E-state index in [0.29, 0.717) is 0 Å². The second-order valence-corrected chi connectivity index (χ2v) is 5.10. The largest absolute Gasteiger partial charge is 0.370 e. The monoisotopic (exact) mass is 221 g/mol. The van der Waals surface area contributed by atoms with Crippen molar-refractivity contribution in [2.75, 3.05) is 11.9 Å². The zero-order valence-electron chi connectivity index (χ0n) is 11.3. The second kappa shape index (κ2) is 4.81. The van der Waals surface area contributed by atoms with Crippen LogP contribution in [0.4, 0.5) is 5.82 Å². The fourth-order valence-electron chi connectivity index (χ4n) is 1.58. The van der Waals surface area contributed by atoms with Gasteiger partial charge in [0.2, 0.25) is 0 Å². The molecule has 0 saturated carbocycles. The molecule has 1 aromatic heterocycles. The van der Waals surface area contributed by atoms with E-state index in [1.54, 1.807) is 0 Å². The van der Waals surface area contributed by atoms with E-state index in [2.05, 4.69) is 56.8 Å². The summed E-state index contributed by atoms with van der Waals surface area (Å²) < 4.78 is 0. The second-order valence-electron chi connectivity index (χ2n) is 5.10. The normalized spacial score (nSPS) is 11.6. The van der Waals surface area contributed by atoms with Crippen molar-refractivity contribution in [1.82, 2.24) is 9.97 Å². The minimum atomic E-state index is 0.00178. The minimum absolute atomic E-state index is 0.00178. The number of aryl methyl sites for hydroxylation is 1. The van der Waals surface area contributed by atoms with Gasteiger partial charge in [-0.1, -0.05) is 27.7 Å². The molecule has 0 fully saturated rings. The third-order valence-electron chi connectivity index (χ3n) is 2.60. The smallest absolute Gasteiger partial charge is 0.136 e. The topological polar surface area (TPSA) is 37.8 Å². The molecule has 1 rings (SSSR count). The quantitative estimate of drug-likeness (QED) is 0.852. The van der Waals surface area contributed by atoms with Gasteiger partial charge in [-0.05, 0) is 20.3 Å². The van der Waals surface area contributed by atoms with Crippen molar-refractivity contribution in [2.24, 2.45) is 0 Å². The molecule has 1 heterocycles. The lowest BCUT2D eigenvalue weighted by Gasteiger charge is -2.20. The fraction of sp³-hybridized carbons (Fsp3) is 0.692. The lowest BCUT2D eigenvalue weighted by Crippen LogP contribution is -2.19. The number of nitrogens with zero attached hydrogens (tertiary/aromatic N) is 2. The Balaban J connectivity index is 3.28. The zero-order chi connectivity index (χ0) is 12.3. The van der Waals surface area contributed by atoms with Gasteiger partial charge in [-0.25, -0.2) is 9.97 Å². The van der Waals surface area contributed by atoms with Crippen LogP contribution in [-0.4, -0.2) is 16.5 Å². The van der Waals surface area contributed by atoms with Gasteiger partial charge in [0.15, 0.2) is 0 Å². The predicted molar refractivity (Wildman–Crippen MR) is 69.0 cm³/mol. The Hall–Kier alpha value is -1.12. The van der Waals surface area contributed by atoms with Crippen molar-refractivity contribution in [3.63, 3.8) is 0 Å². The molecular weight excluding hydrogens is 198 g/mol. The highest BCUT2D eigenvalue weighted by molar-refractivity contribution is 5.46. The molecule has 0 aromatic carbocycles. The standard InChI is InChI=1S/C13H23N3/c1-7-10-9(3)11(14-8-2)16-12(15-10)13(4,5)6/h7-8H2,1-6H3,(H,14,15,16). The summed E-state index contributed by atoms with van der Waals surface area (Å²) in [4.78, 5) is 9.27. The molecule has 0 bridgehead atoms. The Bertz CT molecular complexity index is 364. The number of rotatable bonds is 3. The third-order valence-corrected chi connectivity index (χ3v) is 2.60. The first-order chi connectivity index (χ1) is 7.40. The molecule has 0 aliphatic heterocycles. The van der Waals surface area contributed by atoms with Crippen LogP contribution in [-0.2, 0) is 11.8 Å². The molecule has 3 nitrogen and oxygen atoms in total. The average Bonchev–Trinajstić information content (AvgIpc) is 2.19. The highest BCUT2D eigenvalue weighted by Gasteiger charge is 2.20. The molecule has 0 radical (unpaired) electrons. The molecule has 0 aliphatic carbocycles. The van der Waals surface area contributed by atoms with E-state index in [1.807, 2.05) is 0 Å². The molecule has 90 valence electrons. The van der Waals surface area contributed by atoms with Crippen molar-refractivity contribution < 1.29 is 0 Å². The van der Waals surface area contributed by atoms with Crippen LogP contribution in [0.2, 0.25) is 0 Å². The van der Waals surface area contributed by atoms with Gasteiger partial charge in [0, 0.05) is 23.2 Å². The maximum atomic E-state index is 4.65. The molecule has 0 spiro atoms. The molecule has 0 aliphatic rings. The van der Waals surface area contributed by atoms with Crippen LogP contribution in [0.1, 0.15) is 51.7 Å². The van der Waals surface area contributed by atoms with E-state index in [4.69, 9.17) is 0 Å². The first kappa shape index (κ1) is 12.9. The van der Waals surface area contributed by atoms with Crippen LogP contribution < -0.4 is 5.32 Å². The van der Waals surface area contributed by atoms with Crippen molar-refractivity contribution in [1.29, 1.82) is 0 Å². The summed E-state index contributed by atoms with van der Waals surface area (Å²) in [6.07, 6.45) is 0.954. The van der Waals surface area contributed by atoms with Crippen LogP contribution >= 0.6 is 0 Å². The summed E-state index contributed by atoms with van der Waals surface area (Å²) in [5.41, 5.74) is 2.33. The van der Waals surface area contributed by atoms with Gasteiger partial charge in [-0.15, -0.1) is 0 Å². The Labute approximate surface area is 98.7 Å². The highest BCUT2D eigenvalue weighted by atomic mass is 15.0. The summed E-state index contributed by atoms with van der Waals surface area (Å²) in [6.45, 7) is 13.6. The van der Waals surface area contributed by atoms with Gasteiger partial charge in [0.25, 0.3) is 0 Å². The average molecular weight is 221 g/mol. The molecular formula is C13H23N3. The van der Waals surface area contributed by atoms with Gasteiger partial charge in [-0.3, -0.25) is 0 Å². The number of hydrogen-bond acceptors (Lipinski definition) is 3. The van der Waals surface area contributed by atoms with E-state index in [9.17, 15) is 0 Å². The van der Waals surface area contributed by atoms with E-state index in [-0.39, 0.29) is 5.41 Å². The van der Waals surface area contributed by atoms with Gasteiger partial charge < -0.3 is 5.32 Å².